The Hall–Kier alpha value is -1.45. The minimum absolute atomic E-state index is 0.102. The average molecular weight is 242 g/mol. The third-order valence-electron chi connectivity index (χ3n) is 4.89. The lowest BCUT2D eigenvalue weighted by atomic mass is 9.59. The number of carbonyl (C=O) groups excluding carboxylic acids is 1. The van der Waals surface area contributed by atoms with E-state index in [1.807, 2.05) is 24.3 Å². The highest BCUT2D eigenvalue weighted by atomic mass is 17.1. The second kappa shape index (κ2) is 3.31. The lowest BCUT2D eigenvalue weighted by Crippen LogP contribution is -2.51. The predicted molar refractivity (Wildman–Crippen MR) is 65.0 cm³/mol. The largest absolute Gasteiger partial charge is 0.294 e. The smallest absolute Gasteiger partial charge is 0.170 e. The average Bonchev–Trinajstić information content (AvgIpc) is 2.73. The second-order valence-corrected chi connectivity index (χ2v) is 5.50. The van der Waals surface area contributed by atoms with E-state index in [4.69, 9.17) is 4.89 Å². The Morgan fingerprint density at radius 1 is 1.22 bits per heavy atom. The molecule has 92 valence electrons. The van der Waals surface area contributed by atoms with Crippen molar-refractivity contribution in [3.05, 3.63) is 47.5 Å². The number of fused-ring (bicyclic) bond motifs is 2. The van der Waals surface area contributed by atoms with Crippen molar-refractivity contribution in [3.8, 4) is 0 Å². The van der Waals surface area contributed by atoms with Crippen LogP contribution in [0.2, 0.25) is 0 Å². The molecule has 5 rings (SSSR count). The first kappa shape index (κ1) is 10.5. The zero-order chi connectivity index (χ0) is 12.3. The third-order valence-corrected chi connectivity index (χ3v) is 4.89. The summed E-state index contributed by atoms with van der Waals surface area (Å²) >= 11 is 0. The molecule has 18 heavy (non-hydrogen) atoms. The van der Waals surface area contributed by atoms with Gasteiger partial charge in [-0.15, -0.1) is 0 Å². The van der Waals surface area contributed by atoms with Crippen molar-refractivity contribution in [1.29, 1.82) is 0 Å². The fourth-order valence-corrected chi connectivity index (χ4v) is 4.16. The van der Waals surface area contributed by atoms with Gasteiger partial charge < -0.3 is 0 Å². The van der Waals surface area contributed by atoms with E-state index in [9.17, 15) is 10.1 Å². The van der Waals surface area contributed by atoms with E-state index in [1.54, 1.807) is 0 Å². The molecule has 4 aliphatic rings. The lowest BCUT2D eigenvalue weighted by molar-refractivity contribution is -0.359. The van der Waals surface area contributed by atoms with Gasteiger partial charge in [0.1, 0.15) is 5.60 Å². The van der Waals surface area contributed by atoms with Crippen LogP contribution < -0.4 is 0 Å². The summed E-state index contributed by atoms with van der Waals surface area (Å²) < 4.78 is 0. The first-order valence-electron chi connectivity index (χ1n) is 6.43. The maximum Gasteiger partial charge on any atom is 0.170 e. The summed E-state index contributed by atoms with van der Waals surface area (Å²) in [6.07, 6.45) is 6.21. The molecule has 0 aliphatic heterocycles. The molecule has 0 amide bonds. The van der Waals surface area contributed by atoms with Crippen molar-refractivity contribution in [2.24, 2.45) is 17.8 Å². The van der Waals surface area contributed by atoms with E-state index in [0.29, 0.717) is 0 Å². The summed E-state index contributed by atoms with van der Waals surface area (Å²) in [5.74, 6) is 0.175. The highest BCUT2D eigenvalue weighted by molar-refractivity contribution is 6.04. The Labute approximate surface area is 105 Å². The first-order valence-corrected chi connectivity index (χ1v) is 6.43. The second-order valence-electron chi connectivity index (χ2n) is 5.50. The van der Waals surface area contributed by atoms with Crippen LogP contribution in [0, 0.1) is 17.8 Å². The molecule has 2 bridgehead atoms. The van der Waals surface area contributed by atoms with Crippen LogP contribution in [-0.4, -0.2) is 11.0 Å². The molecule has 0 aromatic heterocycles. The number of rotatable bonds is 1. The number of ketones is 1. The van der Waals surface area contributed by atoms with E-state index < -0.39 is 5.60 Å². The van der Waals surface area contributed by atoms with Crippen LogP contribution in [0.15, 0.2) is 36.4 Å². The van der Waals surface area contributed by atoms with Crippen molar-refractivity contribution in [2.75, 3.05) is 0 Å². The van der Waals surface area contributed by atoms with Crippen LogP contribution in [0.5, 0.6) is 0 Å². The van der Waals surface area contributed by atoms with Gasteiger partial charge in [-0.1, -0.05) is 36.4 Å². The van der Waals surface area contributed by atoms with Crippen LogP contribution in [-0.2, 0) is 10.5 Å². The molecule has 4 atom stereocenters. The van der Waals surface area contributed by atoms with Crippen LogP contribution in [0.3, 0.4) is 0 Å². The molecule has 0 radical (unpaired) electrons. The molecule has 1 aromatic carbocycles. The number of carbonyl (C=O) groups is 1. The molecule has 0 heterocycles. The fraction of sp³-hybridized carbons (Fsp3) is 0.400. The van der Waals surface area contributed by atoms with Gasteiger partial charge in [0, 0.05) is 11.5 Å². The summed E-state index contributed by atoms with van der Waals surface area (Å²) in [4.78, 5) is 17.5. The zero-order valence-corrected chi connectivity index (χ0v) is 9.87. The van der Waals surface area contributed by atoms with E-state index >= 15 is 0 Å². The van der Waals surface area contributed by atoms with Gasteiger partial charge in [0.05, 0.1) is 5.92 Å². The molecule has 1 aromatic rings. The summed E-state index contributed by atoms with van der Waals surface area (Å²) in [5.41, 5.74) is 0.754. The van der Waals surface area contributed by atoms with Crippen molar-refractivity contribution < 1.29 is 14.9 Å². The summed E-state index contributed by atoms with van der Waals surface area (Å²) in [5, 5.41) is 9.55. The lowest BCUT2D eigenvalue weighted by Gasteiger charge is -2.48. The molecule has 0 saturated heterocycles. The van der Waals surface area contributed by atoms with E-state index in [0.717, 1.165) is 24.0 Å². The topological polar surface area (TPSA) is 46.5 Å². The summed E-state index contributed by atoms with van der Waals surface area (Å²) in [6, 6.07) is 7.53. The Kier molecular flexibility index (Phi) is 1.92. The third kappa shape index (κ3) is 0.967. The quantitative estimate of drug-likeness (QED) is 0.468. The maximum absolute atomic E-state index is 12.6. The molecule has 1 N–H and O–H groups in total. The van der Waals surface area contributed by atoms with Gasteiger partial charge in [-0.05, 0) is 24.3 Å². The van der Waals surface area contributed by atoms with Gasteiger partial charge >= 0.3 is 0 Å². The van der Waals surface area contributed by atoms with E-state index in [2.05, 4.69) is 12.2 Å². The SMILES string of the molecule is O=C1c2ccccc2[C@]2(OO)[C@H]1[C@H]1C=C[C@H]2CC1. The van der Waals surface area contributed by atoms with Gasteiger partial charge in [-0.3, -0.25) is 10.1 Å². The first-order chi connectivity index (χ1) is 8.79. The number of Topliss-reactive ketones (excluding diaryl/α,β-unsaturated/α-hetero) is 1. The Balaban J connectivity index is 2.02. The van der Waals surface area contributed by atoms with Gasteiger partial charge in [-0.25, -0.2) is 4.89 Å². The monoisotopic (exact) mass is 242 g/mol. The van der Waals surface area contributed by atoms with Gasteiger partial charge in [0.15, 0.2) is 5.78 Å². The van der Waals surface area contributed by atoms with Crippen molar-refractivity contribution in [2.45, 2.75) is 18.4 Å². The Bertz CT molecular complexity index is 563. The predicted octanol–water partition coefficient (Wildman–Crippen LogP) is 2.78. The van der Waals surface area contributed by atoms with Crippen molar-refractivity contribution in [1.82, 2.24) is 0 Å². The molecule has 1 saturated carbocycles. The van der Waals surface area contributed by atoms with Crippen LogP contribution >= 0.6 is 0 Å². The molecule has 0 unspecified atom stereocenters. The van der Waals surface area contributed by atoms with Crippen LogP contribution in [0.1, 0.15) is 28.8 Å². The number of hydrogen-bond acceptors (Lipinski definition) is 3. The number of allylic oxidation sites excluding steroid dienone is 1. The van der Waals surface area contributed by atoms with Gasteiger partial charge in [-0.2, -0.15) is 0 Å². The molecule has 3 nitrogen and oxygen atoms in total. The number of hydrogen-bond donors (Lipinski definition) is 1. The van der Waals surface area contributed by atoms with Gasteiger partial charge in [0.2, 0.25) is 0 Å². The minimum Gasteiger partial charge on any atom is -0.294 e. The van der Waals surface area contributed by atoms with Crippen molar-refractivity contribution >= 4 is 5.78 Å². The number of benzene rings is 1. The fourth-order valence-electron chi connectivity index (χ4n) is 4.16. The standard InChI is InChI=1S/C15H14O3/c16-14-11-3-1-2-4-12(11)15(18-17)10-7-5-9(6-8-10)13(14)15/h1-5,7,9-10,13,17H,6,8H2/t9-,10-,13-,15-/m0/s1. The molecular formula is C15H14O3. The van der Waals surface area contributed by atoms with E-state index in [1.165, 1.54) is 0 Å². The summed E-state index contributed by atoms with van der Waals surface area (Å²) in [7, 11) is 0. The highest BCUT2D eigenvalue weighted by Gasteiger charge is 2.63. The van der Waals surface area contributed by atoms with Crippen LogP contribution in [0.4, 0.5) is 0 Å². The Morgan fingerprint density at radius 3 is 2.78 bits per heavy atom. The maximum atomic E-state index is 12.6. The molecule has 1 fully saturated rings. The summed E-state index contributed by atoms with van der Waals surface area (Å²) in [6.45, 7) is 0. The molecule has 3 heteroatoms. The Morgan fingerprint density at radius 2 is 2.06 bits per heavy atom. The normalized spacial score (nSPS) is 39.8. The highest BCUT2D eigenvalue weighted by Crippen LogP contribution is 2.59. The van der Waals surface area contributed by atoms with Crippen LogP contribution in [0.25, 0.3) is 0 Å². The minimum atomic E-state index is -0.828. The van der Waals surface area contributed by atoms with Crippen molar-refractivity contribution in [3.63, 3.8) is 0 Å². The molecule has 0 spiro atoms. The molecular weight excluding hydrogens is 228 g/mol. The zero-order valence-electron chi connectivity index (χ0n) is 9.87. The van der Waals surface area contributed by atoms with E-state index in [-0.39, 0.29) is 23.5 Å². The molecule has 4 aliphatic carbocycles. The van der Waals surface area contributed by atoms with Gasteiger partial charge in [0.25, 0.3) is 0 Å².